The largest absolute Gasteiger partial charge is 0.345 e. The summed E-state index contributed by atoms with van der Waals surface area (Å²) < 4.78 is 2.35. The van der Waals surface area contributed by atoms with Crippen LogP contribution in [-0.2, 0) is 6.54 Å². The average Bonchev–Trinajstić information content (AvgIpc) is 2.38. The SMILES string of the molecule is CCCCCCn1c(C)cc(=N)c2ccccc21. The summed E-state index contributed by atoms with van der Waals surface area (Å²) in [6.45, 7) is 5.40. The molecule has 96 valence electrons. The van der Waals surface area contributed by atoms with E-state index in [1.54, 1.807) is 0 Å². The van der Waals surface area contributed by atoms with Gasteiger partial charge in [-0.3, -0.25) is 0 Å². The molecule has 1 heterocycles. The van der Waals surface area contributed by atoms with Crippen molar-refractivity contribution in [2.24, 2.45) is 0 Å². The number of pyridine rings is 1. The van der Waals surface area contributed by atoms with Crippen LogP contribution in [0.15, 0.2) is 30.3 Å². The quantitative estimate of drug-likeness (QED) is 0.768. The van der Waals surface area contributed by atoms with E-state index in [1.165, 1.54) is 36.9 Å². The molecule has 0 amide bonds. The number of para-hydroxylation sites is 1. The second-order valence-electron chi connectivity index (χ2n) is 4.93. The number of hydrogen-bond acceptors (Lipinski definition) is 1. The Morgan fingerprint density at radius 3 is 2.67 bits per heavy atom. The van der Waals surface area contributed by atoms with Crippen LogP contribution >= 0.6 is 0 Å². The predicted molar refractivity (Wildman–Crippen MR) is 76.7 cm³/mol. The average molecular weight is 242 g/mol. The molecule has 2 rings (SSSR count). The lowest BCUT2D eigenvalue weighted by atomic mass is 10.1. The number of hydrogen-bond donors (Lipinski definition) is 1. The minimum absolute atomic E-state index is 0.632. The molecule has 0 aliphatic rings. The first-order valence-corrected chi connectivity index (χ1v) is 6.88. The van der Waals surface area contributed by atoms with Crippen molar-refractivity contribution in [2.75, 3.05) is 0 Å². The van der Waals surface area contributed by atoms with Gasteiger partial charge in [-0.1, -0.05) is 44.4 Å². The molecule has 0 saturated heterocycles. The topological polar surface area (TPSA) is 28.8 Å². The van der Waals surface area contributed by atoms with Crippen LogP contribution in [0.25, 0.3) is 10.9 Å². The molecular formula is C16H22N2. The van der Waals surface area contributed by atoms with Crippen molar-refractivity contribution >= 4 is 10.9 Å². The van der Waals surface area contributed by atoms with Crippen molar-refractivity contribution in [1.82, 2.24) is 4.57 Å². The van der Waals surface area contributed by atoms with Crippen LogP contribution in [0.2, 0.25) is 0 Å². The Labute approximate surface area is 109 Å². The Balaban J connectivity index is 2.34. The molecule has 0 fully saturated rings. The van der Waals surface area contributed by atoms with Crippen LogP contribution in [0.3, 0.4) is 0 Å². The van der Waals surface area contributed by atoms with Crippen molar-refractivity contribution in [3.05, 3.63) is 41.4 Å². The molecule has 0 saturated carbocycles. The number of aryl methyl sites for hydroxylation is 2. The minimum Gasteiger partial charge on any atom is -0.345 e. The van der Waals surface area contributed by atoms with Crippen LogP contribution in [0.5, 0.6) is 0 Å². The molecule has 2 nitrogen and oxygen atoms in total. The highest BCUT2D eigenvalue weighted by molar-refractivity contribution is 5.78. The number of rotatable bonds is 5. The Morgan fingerprint density at radius 2 is 1.89 bits per heavy atom. The molecule has 0 aliphatic carbocycles. The van der Waals surface area contributed by atoms with Gasteiger partial charge in [-0.05, 0) is 25.5 Å². The highest BCUT2D eigenvalue weighted by atomic mass is 15.0. The minimum atomic E-state index is 0.632. The highest BCUT2D eigenvalue weighted by Crippen LogP contribution is 2.14. The van der Waals surface area contributed by atoms with Crippen LogP contribution in [0.4, 0.5) is 0 Å². The molecule has 2 aromatic rings. The van der Waals surface area contributed by atoms with Crippen LogP contribution in [0, 0.1) is 12.3 Å². The molecule has 1 aromatic heterocycles. The summed E-state index contributed by atoms with van der Waals surface area (Å²) in [6, 6.07) is 10.2. The van der Waals surface area contributed by atoms with E-state index in [2.05, 4.69) is 30.5 Å². The molecule has 0 radical (unpaired) electrons. The van der Waals surface area contributed by atoms with E-state index in [0.29, 0.717) is 5.36 Å². The lowest BCUT2D eigenvalue weighted by molar-refractivity contribution is 0.583. The van der Waals surface area contributed by atoms with Gasteiger partial charge in [0.1, 0.15) is 0 Å². The van der Waals surface area contributed by atoms with Crippen LogP contribution < -0.4 is 5.36 Å². The molecule has 0 atom stereocenters. The van der Waals surface area contributed by atoms with E-state index >= 15 is 0 Å². The molecule has 0 spiro atoms. The number of nitrogens with zero attached hydrogens (tertiary/aromatic N) is 1. The van der Waals surface area contributed by atoms with E-state index < -0.39 is 0 Å². The zero-order valence-electron chi connectivity index (χ0n) is 11.4. The Morgan fingerprint density at radius 1 is 1.11 bits per heavy atom. The summed E-state index contributed by atoms with van der Waals surface area (Å²) in [6.07, 6.45) is 5.10. The van der Waals surface area contributed by atoms with Gasteiger partial charge in [0.15, 0.2) is 0 Å². The Bertz CT molecular complexity index is 581. The molecule has 0 bridgehead atoms. The third-order valence-electron chi connectivity index (χ3n) is 3.50. The molecule has 0 unspecified atom stereocenters. The maximum Gasteiger partial charge on any atom is 0.0650 e. The van der Waals surface area contributed by atoms with E-state index in [9.17, 15) is 0 Å². The maximum absolute atomic E-state index is 8.03. The molecule has 2 heteroatoms. The maximum atomic E-state index is 8.03. The second kappa shape index (κ2) is 5.85. The van der Waals surface area contributed by atoms with Gasteiger partial charge in [-0.15, -0.1) is 0 Å². The fraction of sp³-hybridized carbons (Fsp3) is 0.438. The van der Waals surface area contributed by atoms with E-state index in [-0.39, 0.29) is 0 Å². The zero-order valence-corrected chi connectivity index (χ0v) is 11.4. The summed E-state index contributed by atoms with van der Waals surface area (Å²) in [5, 5.41) is 9.72. The molecular weight excluding hydrogens is 220 g/mol. The van der Waals surface area contributed by atoms with Gasteiger partial charge in [0.25, 0.3) is 0 Å². The van der Waals surface area contributed by atoms with Crippen molar-refractivity contribution in [3.63, 3.8) is 0 Å². The summed E-state index contributed by atoms with van der Waals surface area (Å²) in [5.74, 6) is 0. The normalized spacial score (nSPS) is 11.0. The lowest BCUT2D eigenvalue weighted by Gasteiger charge is -2.15. The van der Waals surface area contributed by atoms with Gasteiger partial charge in [0.05, 0.1) is 10.9 Å². The van der Waals surface area contributed by atoms with E-state index in [4.69, 9.17) is 5.41 Å². The summed E-state index contributed by atoms with van der Waals surface area (Å²) in [4.78, 5) is 0. The van der Waals surface area contributed by atoms with Gasteiger partial charge < -0.3 is 9.98 Å². The van der Waals surface area contributed by atoms with Gasteiger partial charge in [-0.2, -0.15) is 0 Å². The van der Waals surface area contributed by atoms with Crippen molar-refractivity contribution < 1.29 is 0 Å². The number of unbranched alkanes of at least 4 members (excludes halogenated alkanes) is 3. The summed E-state index contributed by atoms with van der Waals surface area (Å²) >= 11 is 0. The van der Waals surface area contributed by atoms with Gasteiger partial charge in [0, 0.05) is 17.6 Å². The summed E-state index contributed by atoms with van der Waals surface area (Å²) in [7, 11) is 0. The van der Waals surface area contributed by atoms with E-state index in [1.807, 2.05) is 18.2 Å². The smallest absolute Gasteiger partial charge is 0.0650 e. The fourth-order valence-corrected chi connectivity index (χ4v) is 2.48. The first-order valence-electron chi connectivity index (χ1n) is 6.88. The highest BCUT2D eigenvalue weighted by Gasteiger charge is 2.03. The third-order valence-corrected chi connectivity index (χ3v) is 3.50. The van der Waals surface area contributed by atoms with Gasteiger partial charge >= 0.3 is 0 Å². The number of nitrogens with one attached hydrogen (secondary N) is 1. The fourth-order valence-electron chi connectivity index (χ4n) is 2.48. The Hall–Kier alpha value is -1.57. The predicted octanol–water partition coefficient (Wildman–Crippen LogP) is 4.01. The lowest BCUT2D eigenvalue weighted by Crippen LogP contribution is -2.12. The number of benzene rings is 1. The molecule has 0 aliphatic heterocycles. The third kappa shape index (κ3) is 2.63. The molecule has 1 N–H and O–H groups in total. The standard InChI is InChI=1S/C16H22N2/c1-3-4-5-8-11-18-13(2)12-15(17)14-9-6-7-10-16(14)18/h6-7,9-10,12,17H,3-5,8,11H2,1-2H3. The van der Waals surface area contributed by atoms with E-state index in [0.717, 1.165) is 11.9 Å². The van der Waals surface area contributed by atoms with Gasteiger partial charge in [-0.25, -0.2) is 0 Å². The van der Waals surface area contributed by atoms with Crippen molar-refractivity contribution in [2.45, 2.75) is 46.1 Å². The Kier molecular flexibility index (Phi) is 4.19. The van der Waals surface area contributed by atoms with Crippen LogP contribution in [-0.4, -0.2) is 4.57 Å². The molecule has 18 heavy (non-hydrogen) atoms. The second-order valence-corrected chi connectivity index (χ2v) is 4.93. The zero-order chi connectivity index (χ0) is 13.0. The first kappa shape index (κ1) is 12.9. The summed E-state index contributed by atoms with van der Waals surface area (Å²) in [5.41, 5.74) is 2.38. The van der Waals surface area contributed by atoms with Crippen molar-refractivity contribution in [1.29, 1.82) is 5.41 Å². The number of fused-ring (bicyclic) bond motifs is 1. The molecule has 1 aromatic carbocycles. The first-order chi connectivity index (χ1) is 8.74. The van der Waals surface area contributed by atoms with Crippen LogP contribution in [0.1, 0.15) is 38.3 Å². The number of aromatic nitrogens is 1. The monoisotopic (exact) mass is 242 g/mol. The van der Waals surface area contributed by atoms with Gasteiger partial charge in [0.2, 0.25) is 0 Å². The van der Waals surface area contributed by atoms with Crippen molar-refractivity contribution in [3.8, 4) is 0 Å².